The van der Waals surface area contributed by atoms with Gasteiger partial charge in [-0.3, -0.25) is 9.59 Å². The summed E-state index contributed by atoms with van der Waals surface area (Å²) in [6, 6.07) is 14.9. The van der Waals surface area contributed by atoms with Gasteiger partial charge < -0.3 is 15.4 Å². The van der Waals surface area contributed by atoms with Crippen molar-refractivity contribution in [3.8, 4) is 5.75 Å². The van der Waals surface area contributed by atoms with Gasteiger partial charge in [0, 0.05) is 5.69 Å². The van der Waals surface area contributed by atoms with Crippen LogP contribution in [0.25, 0.3) is 0 Å². The average molecular weight is 372 g/mol. The summed E-state index contributed by atoms with van der Waals surface area (Å²) in [6.07, 6.45) is 0. The quantitative estimate of drug-likeness (QED) is 0.732. The zero-order valence-electron chi connectivity index (χ0n) is 15.2. The van der Waals surface area contributed by atoms with Gasteiger partial charge in [0.1, 0.15) is 5.75 Å². The summed E-state index contributed by atoms with van der Waals surface area (Å²) in [5.74, 6) is 0.548. The molecule has 2 aromatic carbocycles. The Balaban J connectivity index is 1.83. The number of thioether (sulfide) groups is 1. The first-order valence-electron chi connectivity index (χ1n) is 8.50. The molecule has 5 nitrogen and oxygen atoms in total. The number of amides is 2. The Morgan fingerprint density at radius 3 is 2.46 bits per heavy atom. The van der Waals surface area contributed by atoms with Crippen molar-refractivity contribution in [1.82, 2.24) is 0 Å². The molecule has 0 fully saturated rings. The van der Waals surface area contributed by atoms with Gasteiger partial charge >= 0.3 is 0 Å². The monoisotopic (exact) mass is 372 g/mol. The third-order valence-corrected chi connectivity index (χ3v) is 4.76. The number of para-hydroxylation sites is 2. The largest absolute Gasteiger partial charge is 0.492 e. The molecule has 0 aliphatic heterocycles. The van der Waals surface area contributed by atoms with Crippen LogP contribution in [-0.2, 0) is 9.59 Å². The van der Waals surface area contributed by atoms with Crippen molar-refractivity contribution in [2.45, 2.75) is 26.0 Å². The molecule has 26 heavy (non-hydrogen) atoms. The Hall–Kier alpha value is -2.47. The summed E-state index contributed by atoms with van der Waals surface area (Å²) in [5, 5.41) is 5.32. The molecule has 0 heterocycles. The number of ether oxygens (including phenoxy) is 1. The van der Waals surface area contributed by atoms with Gasteiger partial charge in [-0.1, -0.05) is 29.8 Å². The minimum atomic E-state index is -0.367. The molecule has 0 saturated heterocycles. The van der Waals surface area contributed by atoms with E-state index in [4.69, 9.17) is 4.74 Å². The Kier molecular flexibility index (Phi) is 7.53. The van der Waals surface area contributed by atoms with Crippen molar-refractivity contribution in [1.29, 1.82) is 0 Å². The normalized spacial score (nSPS) is 11.5. The summed E-state index contributed by atoms with van der Waals surface area (Å²) in [4.78, 5) is 24.4. The van der Waals surface area contributed by atoms with E-state index in [2.05, 4.69) is 10.6 Å². The topological polar surface area (TPSA) is 67.4 Å². The van der Waals surface area contributed by atoms with Crippen LogP contribution in [0.4, 0.5) is 11.4 Å². The van der Waals surface area contributed by atoms with Crippen molar-refractivity contribution >= 4 is 35.0 Å². The van der Waals surface area contributed by atoms with Gasteiger partial charge in [-0.05, 0) is 45.0 Å². The molecule has 0 aliphatic carbocycles. The van der Waals surface area contributed by atoms with E-state index in [1.807, 2.05) is 56.3 Å². The number of benzene rings is 2. The number of nitrogens with one attached hydrogen (secondary N) is 2. The molecule has 2 amide bonds. The van der Waals surface area contributed by atoms with Gasteiger partial charge in [0.05, 0.1) is 23.3 Å². The second kappa shape index (κ2) is 9.87. The van der Waals surface area contributed by atoms with Crippen LogP contribution in [0.2, 0.25) is 0 Å². The summed E-state index contributed by atoms with van der Waals surface area (Å²) in [5.41, 5.74) is 2.52. The lowest BCUT2D eigenvalue weighted by molar-refractivity contribution is -0.115. The second-order valence-corrected chi connectivity index (χ2v) is 7.11. The maximum atomic E-state index is 12.4. The van der Waals surface area contributed by atoms with Crippen LogP contribution in [0.3, 0.4) is 0 Å². The lowest BCUT2D eigenvalue weighted by Gasteiger charge is -2.14. The molecule has 2 N–H and O–H groups in total. The number of hydrogen-bond acceptors (Lipinski definition) is 4. The van der Waals surface area contributed by atoms with Crippen molar-refractivity contribution in [2.75, 3.05) is 23.0 Å². The van der Waals surface area contributed by atoms with E-state index in [9.17, 15) is 9.59 Å². The fraction of sp³-hybridized carbons (Fsp3) is 0.300. The molecule has 2 aromatic rings. The van der Waals surface area contributed by atoms with Gasteiger partial charge in [0.25, 0.3) is 0 Å². The minimum absolute atomic E-state index is 0.131. The number of hydrogen-bond donors (Lipinski definition) is 2. The molecule has 0 bridgehead atoms. The van der Waals surface area contributed by atoms with E-state index < -0.39 is 0 Å². The summed E-state index contributed by atoms with van der Waals surface area (Å²) in [6.45, 7) is 6.19. The van der Waals surface area contributed by atoms with Crippen LogP contribution in [0.1, 0.15) is 19.4 Å². The fourth-order valence-corrected chi connectivity index (χ4v) is 2.88. The summed E-state index contributed by atoms with van der Waals surface area (Å²) >= 11 is 1.29. The first-order chi connectivity index (χ1) is 12.5. The lowest BCUT2D eigenvalue weighted by Crippen LogP contribution is -2.25. The molecule has 1 unspecified atom stereocenters. The van der Waals surface area contributed by atoms with Gasteiger partial charge in [-0.15, -0.1) is 11.8 Å². The SMILES string of the molecule is CCOc1ccccc1NC(=O)C(C)SCC(=O)Nc1ccc(C)cc1. The third-order valence-electron chi connectivity index (χ3n) is 3.61. The van der Waals surface area contributed by atoms with Crippen LogP contribution >= 0.6 is 11.8 Å². The molecule has 0 saturated carbocycles. The third kappa shape index (κ3) is 6.11. The Morgan fingerprint density at radius 2 is 1.77 bits per heavy atom. The molecular formula is C20H24N2O3S. The Morgan fingerprint density at radius 1 is 1.08 bits per heavy atom. The van der Waals surface area contributed by atoms with Crippen LogP contribution in [-0.4, -0.2) is 29.4 Å². The fourth-order valence-electron chi connectivity index (χ4n) is 2.20. The maximum absolute atomic E-state index is 12.4. The van der Waals surface area contributed by atoms with E-state index in [1.54, 1.807) is 13.0 Å². The van der Waals surface area contributed by atoms with Crippen molar-refractivity contribution in [2.24, 2.45) is 0 Å². The highest BCUT2D eigenvalue weighted by Crippen LogP contribution is 2.25. The van der Waals surface area contributed by atoms with Crippen LogP contribution in [0.15, 0.2) is 48.5 Å². The number of aryl methyl sites for hydroxylation is 1. The van der Waals surface area contributed by atoms with E-state index in [-0.39, 0.29) is 22.8 Å². The van der Waals surface area contributed by atoms with Crippen LogP contribution < -0.4 is 15.4 Å². The molecule has 0 radical (unpaired) electrons. The first-order valence-corrected chi connectivity index (χ1v) is 9.55. The predicted molar refractivity (Wildman–Crippen MR) is 108 cm³/mol. The van der Waals surface area contributed by atoms with Crippen LogP contribution in [0.5, 0.6) is 5.75 Å². The van der Waals surface area contributed by atoms with Crippen molar-refractivity contribution in [3.05, 3.63) is 54.1 Å². The van der Waals surface area contributed by atoms with Crippen molar-refractivity contribution < 1.29 is 14.3 Å². The highest BCUT2D eigenvalue weighted by atomic mass is 32.2. The highest BCUT2D eigenvalue weighted by molar-refractivity contribution is 8.01. The Labute approximate surface area is 158 Å². The van der Waals surface area contributed by atoms with E-state index in [0.29, 0.717) is 18.0 Å². The molecule has 6 heteroatoms. The second-order valence-electron chi connectivity index (χ2n) is 5.79. The molecule has 0 aromatic heterocycles. The highest BCUT2D eigenvalue weighted by Gasteiger charge is 2.17. The van der Waals surface area contributed by atoms with E-state index in [1.165, 1.54) is 11.8 Å². The summed E-state index contributed by atoms with van der Waals surface area (Å²) < 4.78 is 5.50. The van der Waals surface area contributed by atoms with Gasteiger partial charge in [0.2, 0.25) is 11.8 Å². The molecule has 138 valence electrons. The number of anilines is 2. The number of rotatable bonds is 8. The minimum Gasteiger partial charge on any atom is -0.492 e. The van der Waals surface area contributed by atoms with E-state index in [0.717, 1.165) is 11.3 Å². The van der Waals surface area contributed by atoms with Gasteiger partial charge in [-0.2, -0.15) is 0 Å². The number of carbonyl (C=O) groups is 2. The number of carbonyl (C=O) groups excluding carboxylic acids is 2. The Bertz CT molecular complexity index is 747. The zero-order valence-corrected chi connectivity index (χ0v) is 16.1. The summed E-state index contributed by atoms with van der Waals surface area (Å²) in [7, 11) is 0. The zero-order chi connectivity index (χ0) is 18.9. The van der Waals surface area contributed by atoms with Crippen molar-refractivity contribution in [3.63, 3.8) is 0 Å². The predicted octanol–water partition coefficient (Wildman–Crippen LogP) is 4.09. The van der Waals surface area contributed by atoms with Gasteiger partial charge in [-0.25, -0.2) is 0 Å². The first kappa shape index (κ1) is 19.8. The molecular weight excluding hydrogens is 348 g/mol. The smallest absolute Gasteiger partial charge is 0.237 e. The van der Waals surface area contributed by atoms with E-state index >= 15 is 0 Å². The molecule has 1 atom stereocenters. The van der Waals surface area contributed by atoms with Gasteiger partial charge in [0.15, 0.2) is 0 Å². The molecule has 0 aliphatic rings. The average Bonchev–Trinajstić information content (AvgIpc) is 2.63. The lowest BCUT2D eigenvalue weighted by atomic mass is 10.2. The molecule has 2 rings (SSSR count). The maximum Gasteiger partial charge on any atom is 0.237 e. The van der Waals surface area contributed by atoms with Crippen LogP contribution in [0, 0.1) is 6.92 Å². The standard InChI is InChI=1S/C20H24N2O3S/c1-4-25-18-8-6-5-7-17(18)22-20(24)15(3)26-13-19(23)21-16-11-9-14(2)10-12-16/h5-12,15H,4,13H2,1-3H3,(H,21,23)(H,22,24). The molecule has 0 spiro atoms.